The quantitative estimate of drug-likeness (QED) is 0.582. The van der Waals surface area contributed by atoms with E-state index in [4.69, 9.17) is 24.5 Å². The predicted molar refractivity (Wildman–Crippen MR) is 104 cm³/mol. The number of ether oxygens (including phenoxy) is 1. The molecule has 1 aromatic carbocycles. The Labute approximate surface area is 161 Å². The van der Waals surface area contributed by atoms with Crippen LogP contribution in [-0.2, 0) is 16.1 Å². The van der Waals surface area contributed by atoms with E-state index in [-0.39, 0.29) is 11.1 Å². The van der Waals surface area contributed by atoms with Gasteiger partial charge in [0.15, 0.2) is 0 Å². The van der Waals surface area contributed by atoms with E-state index in [2.05, 4.69) is 56.5 Å². The Morgan fingerprint density at radius 2 is 1.63 bits per heavy atom. The van der Waals surface area contributed by atoms with Crippen molar-refractivity contribution in [2.24, 2.45) is 0 Å². The SMILES string of the molecule is CCOc1ccccc1CNC1CC(C)(C)NC(C)(C)C1.O=C(O)C(=O)O. The molecule has 7 heteroatoms. The van der Waals surface area contributed by atoms with Gasteiger partial charge in [-0.3, -0.25) is 0 Å². The summed E-state index contributed by atoms with van der Waals surface area (Å²) in [5, 5.41) is 22.2. The van der Waals surface area contributed by atoms with Crippen molar-refractivity contribution in [3.05, 3.63) is 29.8 Å². The lowest BCUT2D eigenvalue weighted by atomic mass is 9.79. The van der Waals surface area contributed by atoms with E-state index >= 15 is 0 Å². The first-order chi connectivity index (χ1) is 12.5. The number of benzene rings is 1. The largest absolute Gasteiger partial charge is 0.494 e. The van der Waals surface area contributed by atoms with Crippen molar-refractivity contribution in [1.82, 2.24) is 10.6 Å². The number of hydrogen-bond donors (Lipinski definition) is 4. The van der Waals surface area contributed by atoms with Crippen molar-refractivity contribution in [1.29, 1.82) is 0 Å². The molecule has 0 radical (unpaired) electrons. The van der Waals surface area contributed by atoms with E-state index in [0.717, 1.165) is 25.1 Å². The van der Waals surface area contributed by atoms with Crippen molar-refractivity contribution in [2.45, 2.75) is 71.1 Å². The average molecular weight is 380 g/mol. The number of para-hydroxylation sites is 1. The van der Waals surface area contributed by atoms with Gasteiger partial charge in [0.25, 0.3) is 0 Å². The average Bonchev–Trinajstić information content (AvgIpc) is 2.52. The zero-order chi connectivity index (χ0) is 20.7. The lowest BCUT2D eigenvalue weighted by Gasteiger charge is -2.46. The van der Waals surface area contributed by atoms with Crippen LogP contribution in [0, 0.1) is 0 Å². The highest BCUT2D eigenvalue weighted by Crippen LogP contribution is 2.29. The van der Waals surface area contributed by atoms with Gasteiger partial charge in [-0.05, 0) is 53.5 Å². The van der Waals surface area contributed by atoms with Gasteiger partial charge in [-0.2, -0.15) is 0 Å². The summed E-state index contributed by atoms with van der Waals surface area (Å²) in [7, 11) is 0. The van der Waals surface area contributed by atoms with Crippen LogP contribution >= 0.6 is 0 Å². The maximum atomic E-state index is 9.10. The molecule has 4 N–H and O–H groups in total. The number of aliphatic carboxylic acids is 2. The number of carboxylic acid groups (broad SMARTS) is 2. The third kappa shape index (κ3) is 8.41. The van der Waals surface area contributed by atoms with Crippen molar-refractivity contribution >= 4 is 11.9 Å². The molecule has 7 nitrogen and oxygen atoms in total. The van der Waals surface area contributed by atoms with Gasteiger partial charge in [0.05, 0.1) is 6.61 Å². The summed E-state index contributed by atoms with van der Waals surface area (Å²) in [5.74, 6) is -2.65. The fourth-order valence-electron chi connectivity index (χ4n) is 3.67. The van der Waals surface area contributed by atoms with Crippen molar-refractivity contribution in [3.8, 4) is 5.75 Å². The first-order valence-corrected chi connectivity index (χ1v) is 9.15. The van der Waals surface area contributed by atoms with E-state index in [1.165, 1.54) is 5.56 Å². The van der Waals surface area contributed by atoms with Crippen LogP contribution in [0.5, 0.6) is 5.75 Å². The molecular weight excluding hydrogens is 348 g/mol. The summed E-state index contributed by atoms with van der Waals surface area (Å²) in [6.45, 7) is 12.8. The van der Waals surface area contributed by atoms with Crippen molar-refractivity contribution in [3.63, 3.8) is 0 Å². The minimum Gasteiger partial charge on any atom is -0.494 e. The standard InChI is InChI=1S/C18H30N2O.C2H2O4/c1-6-21-16-10-8-7-9-14(16)13-19-15-11-17(2,3)20-18(4,5)12-15;3-1(4)2(5)6/h7-10,15,19-20H,6,11-13H2,1-5H3;(H,3,4)(H,5,6). The molecule has 0 spiro atoms. The van der Waals surface area contributed by atoms with Crippen LogP contribution in [0.3, 0.4) is 0 Å². The smallest absolute Gasteiger partial charge is 0.414 e. The summed E-state index contributed by atoms with van der Waals surface area (Å²) in [5.41, 5.74) is 1.60. The highest BCUT2D eigenvalue weighted by molar-refractivity contribution is 6.27. The molecule has 0 unspecified atom stereocenters. The van der Waals surface area contributed by atoms with Crippen molar-refractivity contribution in [2.75, 3.05) is 6.61 Å². The first kappa shape index (κ1) is 22.9. The second-order valence-electron chi connectivity index (χ2n) is 8.03. The predicted octanol–water partition coefficient (Wildman–Crippen LogP) is 2.64. The van der Waals surface area contributed by atoms with Crippen LogP contribution in [0.4, 0.5) is 0 Å². The third-order valence-electron chi connectivity index (χ3n) is 4.23. The first-order valence-electron chi connectivity index (χ1n) is 9.15. The van der Waals surface area contributed by atoms with Gasteiger partial charge in [-0.15, -0.1) is 0 Å². The molecule has 1 aliphatic heterocycles. The number of carboxylic acids is 2. The minimum absolute atomic E-state index is 0.179. The number of carbonyl (C=O) groups is 2. The third-order valence-corrected chi connectivity index (χ3v) is 4.23. The Balaban J connectivity index is 0.000000527. The summed E-state index contributed by atoms with van der Waals surface area (Å²) in [4.78, 5) is 18.2. The van der Waals surface area contributed by atoms with Crippen LogP contribution in [-0.4, -0.2) is 45.9 Å². The normalized spacial score (nSPS) is 18.1. The fraction of sp³-hybridized carbons (Fsp3) is 0.600. The Morgan fingerprint density at radius 1 is 1.11 bits per heavy atom. The molecule has 1 fully saturated rings. The lowest BCUT2D eigenvalue weighted by Crippen LogP contribution is -2.61. The Hall–Kier alpha value is -2.12. The number of rotatable bonds is 5. The summed E-state index contributed by atoms with van der Waals surface area (Å²) >= 11 is 0. The van der Waals surface area contributed by atoms with Crippen LogP contribution in [0.1, 0.15) is 53.0 Å². The van der Waals surface area contributed by atoms with Crippen LogP contribution in [0.25, 0.3) is 0 Å². The number of nitrogens with one attached hydrogen (secondary N) is 2. The Morgan fingerprint density at radius 3 is 2.11 bits per heavy atom. The zero-order valence-electron chi connectivity index (χ0n) is 16.8. The van der Waals surface area contributed by atoms with Gasteiger partial charge in [0.1, 0.15) is 5.75 Å². The molecule has 152 valence electrons. The maximum Gasteiger partial charge on any atom is 0.414 e. The molecule has 1 aromatic rings. The number of hydrogen-bond acceptors (Lipinski definition) is 5. The number of piperidine rings is 1. The Kier molecular flexibility index (Phi) is 8.24. The summed E-state index contributed by atoms with van der Waals surface area (Å²) in [6, 6.07) is 8.85. The van der Waals surface area contributed by atoms with E-state index < -0.39 is 11.9 Å². The molecule has 1 saturated heterocycles. The van der Waals surface area contributed by atoms with Gasteiger partial charge >= 0.3 is 11.9 Å². The van der Waals surface area contributed by atoms with E-state index in [1.54, 1.807) is 0 Å². The topological polar surface area (TPSA) is 108 Å². The molecule has 0 aromatic heterocycles. The second kappa shape index (κ2) is 9.71. The van der Waals surface area contributed by atoms with Crippen LogP contribution in [0.2, 0.25) is 0 Å². The molecular formula is C20H32N2O5. The van der Waals surface area contributed by atoms with Gasteiger partial charge < -0.3 is 25.6 Å². The second-order valence-corrected chi connectivity index (χ2v) is 8.03. The molecule has 0 atom stereocenters. The Bertz CT molecular complexity index is 615. The highest BCUT2D eigenvalue weighted by atomic mass is 16.5. The monoisotopic (exact) mass is 380 g/mol. The van der Waals surface area contributed by atoms with E-state index in [9.17, 15) is 0 Å². The zero-order valence-corrected chi connectivity index (χ0v) is 16.8. The van der Waals surface area contributed by atoms with E-state index in [0.29, 0.717) is 12.6 Å². The summed E-state index contributed by atoms with van der Waals surface area (Å²) in [6.07, 6.45) is 2.29. The summed E-state index contributed by atoms with van der Waals surface area (Å²) < 4.78 is 5.71. The van der Waals surface area contributed by atoms with Gasteiger partial charge in [0.2, 0.25) is 0 Å². The van der Waals surface area contributed by atoms with Gasteiger partial charge in [-0.25, -0.2) is 9.59 Å². The molecule has 1 aliphatic rings. The molecule has 0 aliphatic carbocycles. The lowest BCUT2D eigenvalue weighted by molar-refractivity contribution is -0.159. The van der Waals surface area contributed by atoms with Crippen LogP contribution < -0.4 is 15.4 Å². The maximum absolute atomic E-state index is 9.10. The van der Waals surface area contributed by atoms with E-state index in [1.807, 2.05) is 13.0 Å². The fourth-order valence-corrected chi connectivity index (χ4v) is 3.67. The molecule has 0 saturated carbocycles. The van der Waals surface area contributed by atoms with Crippen molar-refractivity contribution < 1.29 is 24.5 Å². The molecule has 1 heterocycles. The highest BCUT2D eigenvalue weighted by Gasteiger charge is 2.37. The minimum atomic E-state index is -1.82. The molecule has 0 bridgehead atoms. The molecule has 0 amide bonds. The molecule has 2 rings (SSSR count). The van der Waals surface area contributed by atoms with Gasteiger partial charge in [0, 0.05) is 29.2 Å². The van der Waals surface area contributed by atoms with Gasteiger partial charge in [-0.1, -0.05) is 18.2 Å². The van der Waals surface area contributed by atoms with Crippen LogP contribution in [0.15, 0.2) is 24.3 Å². The molecule has 27 heavy (non-hydrogen) atoms.